The zero-order valence-corrected chi connectivity index (χ0v) is 11.4. The fourth-order valence-corrected chi connectivity index (χ4v) is 2.36. The first-order valence-corrected chi connectivity index (χ1v) is 6.72. The molecule has 0 aliphatic rings. The lowest BCUT2D eigenvalue weighted by Gasteiger charge is -2.13. The van der Waals surface area contributed by atoms with Crippen molar-refractivity contribution in [2.75, 3.05) is 0 Å². The molecule has 2 heterocycles. The average Bonchev–Trinajstić information content (AvgIpc) is 2.72. The molecule has 18 heavy (non-hydrogen) atoms. The molecule has 2 aromatic rings. The summed E-state index contributed by atoms with van der Waals surface area (Å²) in [5.74, 6) is 0.0164. The second-order valence-corrected chi connectivity index (χ2v) is 5.64. The van der Waals surface area contributed by atoms with Gasteiger partial charge in [0.25, 0.3) is 0 Å². The number of aromatic nitrogens is 3. The number of carbonyl (C=O) groups is 1. The van der Waals surface area contributed by atoms with Gasteiger partial charge in [-0.3, -0.25) is 9.20 Å². The number of fused-ring (bicyclic) bond motifs is 1. The molecule has 0 unspecified atom stereocenters. The van der Waals surface area contributed by atoms with Crippen molar-refractivity contribution in [3.05, 3.63) is 24.4 Å². The largest absolute Gasteiger partial charge is 0.353 e. The van der Waals surface area contributed by atoms with E-state index in [4.69, 9.17) is 0 Å². The van der Waals surface area contributed by atoms with Gasteiger partial charge in [0, 0.05) is 12.2 Å². The smallest absolute Gasteiger partial charge is 0.233 e. The molecule has 2 rings (SSSR count). The fraction of sp³-hybridized carbons (Fsp3) is 0.417. The number of carbonyl (C=O) groups excluding carboxylic acids is 1. The molecule has 0 aliphatic carbocycles. The van der Waals surface area contributed by atoms with Gasteiger partial charge in [-0.15, -0.1) is 10.2 Å². The molecule has 2 aromatic heterocycles. The maximum atomic E-state index is 11.8. The number of amides is 1. The maximum Gasteiger partial charge on any atom is 0.233 e. The van der Waals surface area contributed by atoms with Gasteiger partial charge in [0.15, 0.2) is 10.8 Å². The standard InChI is InChI=1S/C12H16N4OS/c1-8(2)13-11(17)9(3)18-12-15-14-10-6-4-5-7-16(10)12/h4-9H,1-3H3,(H,13,17)/t9-/m0/s1. The summed E-state index contributed by atoms with van der Waals surface area (Å²) >= 11 is 1.41. The normalized spacial score (nSPS) is 12.9. The van der Waals surface area contributed by atoms with Gasteiger partial charge >= 0.3 is 0 Å². The Labute approximate surface area is 110 Å². The molecule has 96 valence electrons. The first-order valence-electron chi connectivity index (χ1n) is 5.84. The van der Waals surface area contributed by atoms with E-state index in [1.807, 2.05) is 49.6 Å². The van der Waals surface area contributed by atoms with E-state index in [1.165, 1.54) is 11.8 Å². The number of hydrogen-bond donors (Lipinski definition) is 1. The summed E-state index contributed by atoms with van der Waals surface area (Å²) in [7, 11) is 0. The van der Waals surface area contributed by atoms with Gasteiger partial charge in [-0.05, 0) is 32.9 Å². The van der Waals surface area contributed by atoms with E-state index in [0.717, 1.165) is 10.8 Å². The SMILES string of the molecule is CC(C)NC(=O)[C@H](C)Sc1nnc2ccccn12. The number of nitrogens with zero attached hydrogens (tertiary/aromatic N) is 3. The molecule has 1 amide bonds. The summed E-state index contributed by atoms with van der Waals surface area (Å²) in [5, 5.41) is 11.6. The summed E-state index contributed by atoms with van der Waals surface area (Å²) in [6.07, 6.45) is 1.89. The minimum Gasteiger partial charge on any atom is -0.353 e. The Kier molecular flexibility index (Phi) is 3.86. The Morgan fingerprint density at radius 3 is 2.83 bits per heavy atom. The van der Waals surface area contributed by atoms with Crippen LogP contribution in [0.1, 0.15) is 20.8 Å². The van der Waals surface area contributed by atoms with Gasteiger partial charge in [-0.25, -0.2) is 0 Å². The van der Waals surface area contributed by atoms with Crippen molar-refractivity contribution in [1.29, 1.82) is 0 Å². The molecule has 0 aliphatic heterocycles. The monoisotopic (exact) mass is 264 g/mol. The third-order valence-electron chi connectivity index (χ3n) is 2.36. The topological polar surface area (TPSA) is 59.3 Å². The second-order valence-electron chi connectivity index (χ2n) is 4.33. The van der Waals surface area contributed by atoms with Crippen molar-refractivity contribution in [3.63, 3.8) is 0 Å². The summed E-state index contributed by atoms with van der Waals surface area (Å²) in [6, 6.07) is 5.86. The van der Waals surface area contributed by atoms with Gasteiger partial charge in [0.05, 0.1) is 5.25 Å². The lowest BCUT2D eigenvalue weighted by atomic mass is 10.3. The molecule has 0 radical (unpaired) electrons. The molecule has 0 fully saturated rings. The van der Waals surface area contributed by atoms with Crippen LogP contribution in [0.5, 0.6) is 0 Å². The van der Waals surface area contributed by atoms with Crippen LogP contribution >= 0.6 is 11.8 Å². The highest BCUT2D eigenvalue weighted by molar-refractivity contribution is 8.00. The highest BCUT2D eigenvalue weighted by atomic mass is 32.2. The molecule has 5 nitrogen and oxygen atoms in total. The molecule has 0 saturated heterocycles. The average molecular weight is 264 g/mol. The molecule has 0 saturated carbocycles. The predicted molar refractivity (Wildman–Crippen MR) is 71.6 cm³/mol. The van der Waals surface area contributed by atoms with Crippen molar-refractivity contribution >= 4 is 23.3 Å². The lowest BCUT2D eigenvalue weighted by molar-refractivity contribution is -0.120. The number of thioether (sulfide) groups is 1. The predicted octanol–water partition coefficient (Wildman–Crippen LogP) is 1.73. The quantitative estimate of drug-likeness (QED) is 0.854. The highest BCUT2D eigenvalue weighted by Gasteiger charge is 2.18. The van der Waals surface area contributed by atoms with Crippen molar-refractivity contribution in [2.24, 2.45) is 0 Å². The van der Waals surface area contributed by atoms with Gasteiger partial charge in [-0.2, -0.15) is 0 Å². The van der Waals surface area contributed by atoms with Crippen LogP contribution in [0.3, 0.4) is 0 Å². The molecule has 0 spiro atoms. The van der Waals surface area contributed by atoms with E-state index in [9.17, 15) is 4.79 Å². The van der Waals surface area contributed by atoms with Crippen LogP contribution in [0.2, 0.25) is 0 Å². The van der Waals surface area contributed by atoms with Gasteiger partial charge < -0.3 is 5.32 Å². The minimum atomic E-state index is -0.194. The van der Waals surface area contributed by atoms with Crippen LogP contribution in [-0.4, -0.2) is 31.8 Å². The third kappa shape index (κ3) is 2.81. The Balaban J connectivity index is 2.11. The van der Waals surface area contributed by atoms with Crippen molar-refractivity contribution in [2.45, 2.75) is 37.2 Å². The van der Waals surface area contributed by atoms with Crippen LogP contribution in [0, 0.1) is 0 Å². The summed E-state index contributed by atoms with van der Waals surface area (Å²) in [6.45, 7) is 5.76. The Morgan fingerprint density at radius 2 is 2.11 bits per heavy atom. The second kappa shape index (κ2) is 5.39. The van der Waals surface area contributed by atoms with Crippen LogP contribution < -0.4 is 5.32 Å². The van der Waals surface area contributed by atoms with E-state index in [1.54, 1.807) is 0 Å². The van der Waals surface area contributed by atoms with Crippen LogP contribution in [0.25, 0.3) is 5.65 Å². The van der Waals surface area contributed by atoms with E-state index in [-0.39, 0.29) is 17.2 Å². The summed E-state index contributed by atoms with van der Waals surface area (Å²) < 4.78 is 1.88. The summed E-state index contributed by atoms with van der Waals surface area (Å²) in [5.41, 5.74) is 0.788. The van der Waals surface area contributed by atoms with Gasteiger partial charge in [-0.1, -0.05) is 17.8 Å². The van der Waals surface area contributed by atoms with E-state index < -0.39 is 0 Å². The zero-order valence-electron chi connectivity index (χ0n) is 10.6. The molecule has 1 atom stereocenters. The van der Waals surface area contributed by atoms with Crippen molar-refractivity contribution in [1.82, 2.24) is 19.9 Å². The minimum absolute atomic E-state index is 0.0164. The van der Waals surface area contributed by atoms with Gasteiger partial charge in [0.1, 0.15) is 0 Å². The Morgan fingerprint density at radius 1 is 1.33 bits per heavy atom. The molecule has 1 N–H and O–H groups in total. The molecular formula is C12H16N4OS. The first kappa shape index (κ1) is 12.9. The number of pyridine rings is 1. The highest BCUT2D eigenvalue weighted by Crippen LogP contribution is 2.21. The van der Waals surface area contributed by atoms with Crippen LogP contribution in [0.4, 0.5) is 0 Å². The van der Waals surface area contributed by atoms with Crippen LogP contribution in [-0.2, 0) is 4.79 Å². The number of rotatable bonds is 4. The van der Waals surface area contributed by atoms with Crippen LogP contribution in [0.15, 0.2) is 29.6 Å². The molecular weight excluding hydrogens is 248 g/mol. The maximum absolute atomic E-state index is 11.8. The van der Waals surface area contributed by atoms with E-state index >= 15 is 0 Å². The Bertz CT molecular complexity index is 552. The first-order chi connectivity index (χ1) is 8.58. The van der Waals surface area contributed by atoms with E-state index in [0.29, 0.717) is 0 Å². The number of nitrogens with one attached hydrogen (secondary N) is 1. The molecule has 0 aromatic carbocycles. The lowest BCUT2D eigenvalue weighted by Crippen LogP contribution is -2.35. The Hall–Kier alpha value is -1.56. The van der Waals surface area contributed by atoms with Crippen molar-refractivity contribution < 1.29 is 4.79 Å². The molecule has 6 heteroatoms. The van der Waals surface area contributed by atoms with Gasteiger partial charge in [0.2, 0.25) is 5.91 Å². The van der Waals surface area contributed by atoms with E-state index in [2.05, 4.69) is 15.5 Å². The fourth-order valence-electron chi connectivity index (χ4n) is 1.51. The summed E-state index contributed by atoms with van der Waals surface area (Å²) in [4.78, 5) is 11.8. The molecule has 0 bridgehead atoms. The number of hydrogen-bond acceptors (Lipinski definition) is 4. The van der Waals surface area contributed by atoms with Crippen molar-refractivity contribution in [3.8, 4) is 0 Å². The third-order valence-corrected chi connectivity index (χ3v) is 3.42. The zero-order chi connectivity index (χ0) is 13.1.